The summed E-state index contributed by atoms with van der Waals surface area (Å²) in [6.07, 6.45) is 1.21. The van der Waals surface area contributed by atoms with Crippen molar-refractivity contribution in [3.05, 3.63) is 35.4 Å². The van der Waals surface area contributed by atoms with Gasteiger partial charge in [-0.25, -0.2) is 8.42 Å². The fourth-order valence-corrected chi connectivity index (χ4v) is 3.74. The molecule has 0 N–H and O–H groups in total. The smallest absolute Gasteiger partial charge is 0.254 e. The van der Waals surface area contributed by atoms with E-state index in [4.69, 9.17) is 0 Å². The van der Waals surface area contributed by atoms with Gasteiger partial charge in [0.15, 0.2) is 0 Å². The molecule has 110 valence electrons. The van der Waals surface area contributed by atoms with Gasteiger partial charge in [0.1, 0.15) is 0 Å². The van der Waals surface area contributed by atoms with Crippen LogP contribution in [0.5, 0.6) is 0 Å². The number of hydrogen-bond acceptors (Lipinski definition) is 3. The van der Waals surface area contributed by atoms with Gasteiger partial charge < -0.3 is 4.90 Å². The first-order chi connectivity index (χ1) is 9.30. The molecule has 0 aromatic heterocycles. The number of benzene rings is 1. The third-order valence-corrected chi connectivity index (χ3v) is 5.05. The van der Waals surface area contributed by atoms with Crippen molar-refractivity contribution in [3.8, 4) is 0 Å². The number of nitrogens with zero attached hydrogens (tertiary/aromatic N) is 2. The molecule has 0 bridgehead atoms. The molecule has 5 nitrogen and oxygen atoms in total. The highest BCUT2D eigenvalue weighted by atomic mass is 32.2. The van der Waals surface area contributed by atoms with Gasteiger partial charge in [-0.2, -0.15) is 4.31 Å². The van der Waals surface area contributed by atoms with Crippen LogP contribution in [0.2, 0.25) is 0 Å². The second-order valence-corrected chi connectivity index (χ2v) is 7.22. The van der Waals surface area contributed by atoms with Crippen molar-refractivity contribution in [2.24, 2.45) is 0 Å². The van der Waals surface area contributed by atoms with Gasteiger partial charge in [0.25, 0.3) is 5.91 Å². The molecule has 1 aromatic rings. The number of piperazine rings is 1. The number of carbonyl (C=O) groups is 1. The van der Waals surface area contributed by atoms with Gasteiger partial charge in [0.05, 0.1) is 6.26 Å². The van der Waals surface area contributed by atoms with Gasteiger partial charge in [-0.1, -0.05) is 18.2 Å². The quantitative estimate of drug-likeness (QED) is 0.821. The van der Waals surface area contributed by atoms with Crippen LogP contribution in [0.25, 0.3) is 0 Å². The maximum atomic E-state index is 12.5. The highest BCUT2D eigenvalue weighted by Crippen LogP contribution is 2.17. The van der Waals surface area contributed by atoms with Crippen LogP contribution in [0.15, 0.2) is 24.3 Å². The van der Waals surface area contributed by atoms with Gasteiger partial charge in [-0.3, -0.25) is 4.79 Å². The van der Waals surface area contributed by atoms with Gasteiger partial charge in [0.2, 0.25) is 10.0 Å². The maximum absolute atomic E-state index is 12.5. The largest absolute Gasteiger partial charge is 0.336 e. The zero-order chi connectivity index (χ0) is 14.9. The van der Waals surface area contributed by atoms with Crippen LogP contribution in [0, 0.1) is 6.92 Å². The molecule has 1 aromatic carbocycles. The van der Waals surface area contributed by atoms with E-state index in [0.717, 1.165) is 5.56 Å². The number of hydrogen-bond donors (Lipinski definition) is 0. The van der Waals surface area contributed by atoms with E-state index < -0.39 is 10.0 Å². The first kappa shape index (κ1) is 15.0. The van der Waals surface area contributed by atoms with Crippen molar-refractivity contribution in [1.29, 1.82) is 0 Å². The Hall–Kier alpha value is -1.40. The van der Waals surface area contributed by atoms with Crippen LogP contribution in [0.1, 0.15) is 22.8 Å². The third-order valence-electron chi connectivity index (χ3n) is 3.66. The second kappa shape index (κ2) is 5.54. The molecule has 1 amide bonds. The summed E-state index contributed by atoms with van der Waals surface area (Å²) in [6, 6.07) is 7.27. The van der Waals surface area contributed by atoms with Gasteiger partial charge in [0, 0.05) is 31.2 Å². The van der Waals surface area contributed by atoms with E-state index in [1.165, 1.54) is 10.6 Å². The van der Waals surface area contributed by atoms with Crippen LogP contribution in [0.4, 0.5) is 0 Å². The molecule has 1 heterocycles. The zero-order valence-electron chi connectivity index (χ0n) is 12.0. The van der Waals surface area contributed by atoms with E-state index in [0.29, 0.717) is 25.2 Å². The number of carbonyl (C=O) groups excluding carboxylic acids is 1. The molecule has 0 radical (unpaired) electrons. The monoisotopic (exact) mass is 296 g/mol. The van der Waals surface area contributed by atoms with Crippen LogP contribution in [0.3, 0.4) is 0 Å². The molecule has 6 heteroatoms. The zero-order valence-corrected chi connectivity index (χ0v) is 12.9. The minimum atomic E-state index is -3.20. The molecule has 1 saturated heterocycles. The van der Waals surface area contributed by atoms with Crippen molar-refractivity contribution < 1.29 is 13.2 Å². The number of aryl methyl sites for hydroxylation is 1. The third kappa shape index (κ3) is 3.02. The van der Waals surface area contributed by atoms with Crippen LogP contribution in [-0.4, -0.2) is 55.5 Å². The minimum Gasteiger partial charge on any atom is -0.336 e. The lowest BCUT2D eigenvalue weighted by Crippen LogP contribution is -2.55. The summed E-state index contributed by atoms with van der Waals surface area (Å²) in [7, 11) is -3.20. The fourth-order valence-electron chi connectivity index (χ4n) is 2.60. The second-order valence-electron chi connectivity index (χ2n) is 5.29. The lowest BCUT2D eigenvalue weighted by atomic mass is 10.1. The van der Waals surface area contributed by atoms with E-state index in [1.54, 1.807) is 4.90 Å². The Morgan fingerprint density at radius 1 is 1.25 bits per heavy atom. The van der Waals surface area contributed by atoms with E-state index in [9.17, 15) is 13.2 Å². The Labute approximate surface area is 120 Å². The standard InChI is InChI=1S/C14H20N2O3S/c1-11-6-4-5-7-13(11)14(17)15-8-9-16(12(2)10-15)20(3,18)19/h4-7,12H,8-10H2,1-3H3/t12-/m0/s1. The molecule has 0 aliphatic carbocycles. The molecule has 0 unspecified atom stereocenters. The molecule has 1 fully saturated rings. The summed E-state index contributed by atoms with van der Waals surface area (Å²) in [5.41, 5.74) is 1.63. The van der Waals surface area contributed by atoms with Crippen molar-refractivity contribution in [1.82, 2.24) is 9.21 Å². The first-order valence-corrected chi connectivity index (χ1v) is 8.47. The van der Waals surface area contributed by atoms with E-state index in [-0.39, 0.29) is 11.9 Å². The molecule has 0 spiro atoms. The predicted molar refractivity (Wildman–Crippen MR) is 78.1 cm³/mol. The fraction of sp³-hybridized carbons (Fsp3) is 0.500. The van der Waals surface area contributed by atoms with E-state index >= 15 is 0 Å². The van der Waals surface area contributed by atoms with Crippen LogP contribution >= 0.6 is 0 Å². The molecule has 2 rings (SSSR count). The summed E-state index contributed by atoms with van der Waals surface area (Å²) in [5.74, 6) is -0.0249. The SMILES string of the molecule is Cc1ccccc1C(=O)N1CCN(S(C)(=O)=O)[C@@H](C)C1. The van der Waals surface area contributed by atoms with Crippen LogP contribution in [-0.2, 0) is 10.0 Å². The number of sulfonamides is 1. The Kier molecular flexibility index (Phi) is 4.15. The van der Waals surface area contributed by atoms with Crippen molar-refractivity contribution in [3.63, 3.8) is 0 Å². The van der Waals surface area contributed by atoms with Crippen molar-refractivity contribution in [2.75, 3.05) is 25.9 Å². The minimum absolute atomic E-state index is 0.0249. The Morgan fingerprint density at radius 2 is 1.90 bits per heavy atom. The highest BCUT2D eigenvalue weighted by molar-refractivity contribution is 7.88. The summed E-state index contributed by atoms with van der Waals surface area (Å²) in [6.45, 7) is 4.96. The number of amides is 1. The molecular weight excluding hydrogens is 276 g/mol. The molecule has 0 saturated carbocycles. The van der Waals surface area contributed by atoms with Gasteiger partial charge in [-0.05, 0) is 25.5 Å². The summed E-state index contributed by atoms with van der Waals surface area (Å²) in [4.78, 5) is 14.2. The normalized spacial score (nSPS) is 20.9. The average molecular weight is 296 g/mol. The molecular formula is C14H20N2O3S. The Morgan fingerprint density at radius 3 is 2.45 bits per heavy atom. The van der Waals surface area contributed by atoms with Gasteiger partial charge in [-0.15, -0.1) is 0 Å². The topological polar surface area (TPSA) is 57.7 Å². The average Bonchev–Trinajstić information content (AvgIpc) is 2.37. The summed E-state index contributed by atoms with van der Waals surface area (Å²) < 4.78 is 24.7. The first-order valence-electron chi connectivity index (χ1n) is 6.62. The lowest BCUT2D eigenvalue weighted by Gasteiger charge is -2.38. The molecule has 1 aliphatic heterocycles. The highest BCUT2D eigenvalue weighted by Gasteiger charge is 2.32. The van der Waals surface area contributed by atoms with E-state index in [1.807, 2.05) is 38.1 Å². The Balaban J connectivity index is 2.14. The maximum Gasteiger partial charge on any atom is 0.254 e. The number of rotatable bonds is 2. The predicted octanol–water partition coefficient (Wildman–Crippen LogP) is 1.10. The van der Waals surface area contributed by atoms with E-state index in [2.05, 4.69) is 0 Å². The molecule has 1 atom stereocenters. The summed E-state index contributed by atoms with van der Waals surface area (Å²) in [5, 5.41) is 0. The molecule has 1 aliphatic rings. The van der Waals surface area contributed by atoms with Crippen molar-refractivity contribution in [2.45, 2.75) is 19.9 Å². The van der Waals surface area contributed by atoms with Crippen LogP contribution < -0.4 is 0 Å². The Bertz CT molecular complexity index is 613. The van der Waals surface area contributed by atoms with Gasteiger partial charge >= 0.3 is 0 Å². The lowest BCUT2D eigenvalue weighted by molar-refractivity contribution is 0.0642. The molecule has 20 heavy (non-hydrogen) atoms. The summed E-state index contributed by atoms with van der Waals surface area (Å²) >= 11 is 0. The van der Waals surface area contributed by atoms with Crippen molar-refractivity contribution >= 4 is 15.9 Å².